The fourth-order valence-corrected chi connectivity index (χ4v) is 2.48. The van der Waals surface area contributed by atoms with Crippen LogP contribution in [0.15, 0.2) is 47.4 Å². The van der Waals surface area contributed by atoms with Crippen LogP contribution in [0.2, 0.25) is 0 Å². The number of benzene rings is 2. The Morgan fingerprint density at radius 3 is 2.58 bits per heavy atom. The lowest BCUT2D eigenvalue weighted by Crippen LogP contribution is -1.89. The van der Waals surface area contributed by atoms with E-state index in [1.807, 2.05) is 12.1 Å². The number of carbonyl (C=O) groups excluding carboxylic acids is 1. The lowest BCUT2D eigenvalue weighted by Gasteiger charge is -2.04. The van der Waals surface area contributed by atoms with Crippen LogP contribution in [0.5, 0.6) is 0 Å². The molecule has 0 bridgehead atoms. The first kappa shape index (κ1) is 13.3. The van der Waals surface area contributed by atoms with Gasteiger partial charge in [0.2, 0.25) is 0 Å². The topological polar surface area (TPSA) is 40.9 Å². The smallest absolute Gasteiger partial charge is 0.150 e. The zero-order valence-electron chi connectivity index (χ0n) is 9.97. The second kappa shape index (κ2) is 6.17. The number of hydrogen-bond acceptors (Lipinski definition) is 3. The summed E-state index contributed by atoms with van der Waals surface area (Å²) >= 11 is 1.50. The van der Waals surface area contributed by atoms with Crippen LogP contribution < -0.4 is 0 Å². The average molecular weight is 271 g/mol. The van der Waals surface area contributed by atoms with E-state index in [-0.39, 0.29) is 5.82 Å². The molecule has 94 valence electrons. The molecule has 19 heavy (non-hydrogen) atoms. The SMILES string of the molecule is N#Cc1ccc(F)cc1CSc1ccc(C=O)cc1. The van der Waals surface area contributed by atoms with Gasteiger partial charge in [0.05, 0.1) is 11.6 Å². The first-order chi connectivity index (χ1) is 9.22. The molecule has 2 nitrogen and oxygen atoms in total. The Labute approximate surface area is 114 Å². The highest BCUT2D eigenvalue weighted by atomic mass is 32.2. The summed E-state index contributed by atoms with van der Waals surface area (Å²) in [6.07, 6.45) is 0.787. The van der Waals surface area contributed by atoms with Gasteiger partial charge in [-0.25, -0.2) is 4.39 Å². The number of aldehydes is 1. The largest absolute Gasteiger partial charge is 0.298 e. The molecule has 2 aromatic carbocycles. The first-order valence-corrected chi connectivity index (χ1v) is 6.58. The van der Waals surface area contributed by atoms with Crippen LogP contribution in [-0.4, -0.2) is 6.29 Å². The summed E-state index contributed by atoms with van der Waals surface area (Å²) in [6.45, 7) is 0. The van der Waals surface area contributed by atoms with Crippen molar-refractivity contribution in [1.82, 2.24) is 0 Å². The summed E-state index contributed by atoms with van der Waals surface area (Å²) in [4.78, 5) is 11.5. The summed E-state index contributed by atoms with van der Waals surface area (Å²) < 4.78 is 13.2. The average Bonchev–Trinajstić information content (AvgIpc) is 2.46. The van der Waals surface area contributed by atoms with Crippen LogP contribution in [0.3, 0.4) is 0 Å². The Morgan fingerprint density at radius 1 is 1.21 bits per heavy atom. The second-order valence-electron chi connectivity index (χ2n) is 3.89. The second-order valence-corrected chi connectivity index (χ2v) is 4.94. The van der Waals surface area contributed by atoms with Crippen molar-refractivity contribution in [2.75, 3.05) is 0 Å². The third-order valence-electron chi connectivity index (χ3n) is 2.60. The van der Waals surface area contributed by atoms with E-state index in [4.69, 9.17) is 5.26 Å². The van der Waals surface area contributed by atoms with E-state index in [0.29, 0.717) is 22.4 Å². The van der Waals surface area contributed by atoms with Gasteiger partial charge in [-0.2, -0.15) is 5.26 Å². The fourth-order valence-electron chi connectivity index (χ4n) is 1.59. The maximum atomic E-state index is 13.2. The fraction of sp³-hybridized carbons (Fsp3) is 0.0667. The third-order valence-corrected chi connectivity index (χ3v) is 3.66. The molecule has 0 amide bonds. The number of nitrogens with zero attached hydrogens (tertiary/aromatic N) is 1. The summed E-state index contributed by atoms with van der Waals surface area (Å²) in [5.74, 6) is 0.173. The molecule has 0 atom stereocenters. The zero-order valence-corrected chi connectivity index (χ0v) is 10.8. The molecule has 0 heterocycles. The first-order valence-electron chi connectivity index (χ1n) is 5.59. The molecule has 0 unspecified atom stereocenters. The highest BCUT2D eigenvalue weighted by Gasteiger charge is 2.04. The molecule has 0 aliphatic heterocycles. The zero-order chi connectivity index (χ0) is 13.7. The molecule has 0 aromatic heterocycles. The molecular formula is C15H10FNOS. The number of rotatable bonds is 4. The molecule has 0 saturated heterocycles. The Balaban J connectivity index is 2.11. The number of nitriles is 1. The van der Waals surface area contributed by atoms with E-state index >= 15 is 0 Å². The Hall–Kier alpha value is -2.12. The highest BCUT2D eigenvalue weighted by molar-refractivity contribution is 7.98. The van der Waals surface area contributed by atoms with Gasteiger partial charge >= 0.3 is 0 Å². The minimum absolute atomic E-state index is 0.342. The molecule has 0 aliphatic carbocycles. The number of hydrogen-bond donors (Lipinski definition) is 0. The van der Waals surface area contributed by atoms with Gasteiger partial charge in [0.15, 0.2) is 0 Å². The quantitative estimate of drug-likeness (QED) is 0.627. The molecule has 4 heteroatoms. The molecule has 0 fully saturated rings. The highest BCUT2D eigenvalue weighted by Crippen LogP contribution is 2.25. The van der Waals surface area contributed by atoms with Crippen LogP contribution in [-0.2, 0) is 5.75 Å². The molecule has 2 aromatic rings. The maximum Gasteiger partial charge on any atom is 0.150 e. The van der Waals surface area contributed by atoms with Gasteiger partial charge in [0.25, 0.3) is 0 Å². The van der Waals surface area contributed by atoms with Crippen LogP contribution in [0.4, 0.5) is 4.39 Å². The van der Waals surface area contributed by atoms with E-state index in [1.54, 1.807) is 12.1 Å². The van der Waals surface area contributed by atoms with E-state index in [0.717, 1.165) is 11.2 Å². The monoisotopic (exact) mass is 271 g/mol. The predicted molar refractivity (Wildman–Crippen MR) is 72.5 cm³/mol. The van der Waals surface area contributed by atoms with Crippen molar-refractivity contribution in [3.05, 3.63) is 65.0 Å². The Bertz CT molecular complexity index is 632. The van der Waals surface area contributed by atoms with Gasteiger partial charge in [0, 0.05) is 16.2 Å². The van der Waals surface area contributed by atoms with Crippen LogP contribution in [0.25, 0.3) is 0 Å². The molecule has 0 aliphatic rings. The van der Waals surface area contributed by atoms with Crippen molar-refractivity contribution in [3.63, 3.8) is 0 Å². The molecular weight excluding hydrogens is 261 g/mol. The normalized spacial score (nSPS) is 9.89. The van der Waals surface area contributed by atoms with Gasteiger partial charge in [-0.15, -0.1) is 11.8 Å². The van der Waals surface area contributed by atoms with E-state index in [2.05, 4.69) is 6.07 Å². The number of thioether (sulfide) groups is 1. The van der Waals surface area contributed by atoms with Crippen LogP contribution in [0, 0.1) is 17.1 Å². The molecule has 0 spiro atoms. The molecule has 0 N–H and O–H groups in total. The lowest BCUT2D eigenvalue weighted by molar-refractivity contribution is 0.112. The van der Waals surface area contributed by atoms with Crippen molar-refractivity contribution in [3.8, 4) is 6.07 Å². The molecule has 2 rings (SSSR count). The van der Waals surface area contributed by atoms with Gasteiger partial charge < -0.3 is 0 Å². The van der Waals surface area contributed by atoms with Crippen molar-refractivity contribution in [2.45, 2.75) is 10.6 Å². The van der Waals surface area contributed by atoms with Crippen LogP contribution in [0.1, 0.15) is 21.5 Å². The van der Waals surface area contributed by atoms with Gasteiger partial charge in [-0.3, -0.25) is 4.79 Å². The summed E-state index contributed by atoms with van der Waals surface area (Å²) in [6, 6.07) is 13.3. The van der Waals surface area contributed by atoms with Gasteiger partial charge in [-0.05, 0) is 35.9 Å². The summed E-state index contributed by atoms with van der Waals surface area (Å²) in [5, 5.41) is 8.95. The van der Waals surface area contributed by atoms with E-state index in [1.165, 1.54) is 30.0 Å². The van der Waals surface area contributed by atoms with Gasteiger partial charge in [-0.1, -0.05) is 12.1 Å². The predicted octanol–water partition coefficient (Wildman–Crippen LogP) is 3.80. The minimum Gasteiger partial charge on any atom is -0.298 e. The van der Waals surface area contributed by atoms with Crippen molar-refractivity contribution < 1.29 is 9.18 Å². The van der Waals surface area contributed by atoms with E-state index < -0.39 is 0 Å². The lowest BCUT2D eigenvalue weighted by atomic mass is 10.1. The summed E-state index contributed by atoms with van der Waals surface area (Å²) in [5.41, 5.74) is 1.78. The maximum absolute atomic E-state index is 13.2. The molecule has 0 radical (unpaired) electrons. The standard InChI is InChI=1S/C15H10FNOS/c16-14-4-3-12(8-17)13(7-14)10-19-15-5-1-11(9-18)2-6-15/h1-7,9H,10H2. The van der Waals surface area contributed by atoms with E-state index in [9.17, 15) is 9.18 Å². The number of carbonyl (C=O) groups is 1. The van der Waals surface area contributed by atoms with Crippen LogP contribution >= 0.6 is 11.8 Å². The third kappa shape index (κ3) is 3.43. The van der Waals surface area contributed by atoms with Crippen molar-refractivity contribution in [2.24, 2.45) is 0 Å². The number of halogens is 1. The summed E-state index contributed by atoms with van der Waals surface area (Å²) in [7, 11) is 0. The molecule has 0 saturated carbocycles. The van der Waals surface area contributed by atoms with Crippen molar-refractivity contribution >= 4 is 18.0 Å². The Morgan fingerprint density at radius 2 is 1.95 bits per heavy atom. The van der Waals surface area contributed by atoms with Crippen molar-refractivity contribution in [1.29, 1.82) is 5.26 Å². The Kier molecular flexibility index (Phi) is 4.32. The van der Waals surface area contributed by atoms with Gasteiger partial charge in [0.1, 0.15) is 12.1 Å². The minimum atomic E-state index is -0.342.